The minimum absolute atomic E-state index is 0.210. The molecular weight excluding hydrogens is 406 g/mol. The Kier molecular flexibility index (Phi) is 5.81. The molecule has 0 radical (unpaired) electrons. The highest BCUT2D eigenvalue weighted by Crippen LogP contribution is 2.26. The Hall–Kier alpha value is -3.19. The van der Waals surface area contributed by atoms with E-state index in [1.165, 1.54) is 28.5 Å². The van der Waals surface area contributed by atoms with Crippen molar-refractivity contribution in [3.63, 3.8) is 0 Å². The highest BCUT2D eigenvalue weighted by molar-refractivity contribution is 7.98. The molecule has 0 saturated carbocycles. The van der Waals surface area contributed by atoms with Gasteiger partial charge in [-0.1, -0.05) is 23.9 Å². The number of fused-ring (bicyclic) bond motifs is 1. The second kappa shape index (κ2) is 8.67. The third kappa shape index (κ3) is 4.21. The number of hydrogen-bond donors (Lipinski definition) is 0. The molecule has 0 aliphatic rings. The van der Waals surface area contributed by atoms with Crippen LogP contribution in [0.5, 0.6) is 5.75 Å². The molecule has 0 unspecified atom stereocenters. The van der Waals surface area contributed by atoms with Crippen molar-refractivity contribution >= 4 is 22.7 Å². The van der Waals surface area contributed by atoms with E-state index >= 15 is 0 Å². The van der Waals surface area contributed by atoms with Gasteiger partial charge in [0.2, 0.25) is 0 Å². The Morgan fingerprint density at radius 3 is 2.40 bits per heavy atom. The summed E-state index contributed by atoms with van der Waals surface area (Å²) in [5, 5.41) is 0.931. The van der Waals surface area contributed by atoms with E-state index in [4.69, 9.17) is 4.74 Å². The quantitative estimate of drug-likeness (QED) is 0.309. The third-order valence-electron chi connectivity index (χ3n) is 4.44. The van der Waals surface area contributed by atoms with Crippen molar-refractivity contribution < 1.29 is 13.5 Å². The molecule has 30 heavy (non-hydrogen) atoms. The molecule has 4 nitrogen and oxygen atoms in total. The van der Waals surface area contributed by atoms with Gasteiger partial charge < -0.3 is 4.74 Å². The SMILES string of the molecule is CCOc1ccc(-n2c(SCc3cc(F)cc(F)c3)nc3ccccc3c2=O)cc1. The summed E-state index contributed by atoms with van der Waals surface area (Å²) in [5.41, 5.74) is 1.46. The van der Waals surface area contributed by atoms with Gasteiger partial charge in [-0.2, -0.15) is 0 Å². The molecule has 0 N–H and O–H groups in total. The Morgan fingerprint density at radius 2 is 1.70 bits per heavy atom. The summed E-state index contributed by atoms with van der Waals surface area (Å²) >= 11 is 1.24. The van der Waals surface area contributed by atoms with Crippen LogP contribution in [0, 0.1) is 11.6 Å². The molecule has 0 spiro atoms. The summed E-state index contributed by atoms with van der Waals surface area (Å²) in [4.78, 5) is 17.9. The Balaban J connectivity index is 1.78. The van der Waals surface area contributed by atoms with Crippen LogP contribution in [0.2, 0.25) is 0 Å². The first-order chi connectivity index (χ1) is 14.5. The first-order valence-electron chi connectivity index (χ1n) is 9.38. The molecule has 152 valence electrons. The van der Waals surface area contributed by atoms with Gasteiger partial charge in [-0.05, 0) is 61.0 Å². The second-order valence-corrected chi connectivity index (χ2v) is 7.49. The number of ether oxygens (including phenoxy) is 1. The van der Waals surface area contributed by atoms with Crippen LogP contribution in [0.4, 0.5) is 8.78 Å². The zero-order valence-corrected chi connectivity index (χ0v) is 17.0. The van der Waals surface area contributed by atoms with Crippen LogP contribution in [0.3, 0.4) is 0 Å². The lowest BCUT2D eigenvalue weighted by molar-refractivity contribution is 0.340. The second-order valence-electron chi connectivity index (χ2n) is 6.55. The summed E-state index contributed by atoms with van der Waals surface area (Å²) in [5.74, 6) is -0.314. The van der Waals surface area contributed by atoms with E-state index in [9.17, 15) is 13.6 Å². The third-order valence-corrected chi connectivity index (χ3v) is 5.45. The lowest BCUT2D eigenvalue weighted by atomic mass is 10.2. The Morgan fingerprint density at radius 1 is 1.00 bits per heavy atom. The molecule has 1 aromatic heterocycles. The van der Waals surface area contributed by atoms with Gasteiger partial charge in [0.15, 0.2) is 5.16 Å². The Labute approximate surface area is 176 Å². The lowest BCUT2D eigenvalue weighted by Gasteiger charge is -2.14. The summed E-state index contributed by atoms with van der Waals surface area (Å²) < 4.78 is 34.1. The van der Waals surface area contributed by atoms with Gasteiger partial charge in [-0.25, -0.2) is 13.8 Å². The molecule has 0 saturated heterocycles. The number of nitrogens with zero attached hydrogens (tertiary/aromatic N) is 2. The summed E-state index contributed by atoms with van der Waals surface area (Å²) in [7, 11) is 0. The van der Waals surface area contributed by atoms with Crippen LogP contribution >= 0.6 is 11.8 Å². The van der Waals surface area contributed by atoms with Crippen LogP contribution < -0.4 is 10.3 Å². The zero-order valence-electron chi connectivity index (χ0n) is 16.1. The van der Waals surface area contributed by atoms with Crippen LogP contribution in [-0.2, 0) is 5.75 Å². The minimum Gasteiger partial charge on any atom is -0.494 e. The monoisotopic (exact) mass is 424 g/mol. The van der Waals surface area contributed by atoms with E-state index in [-0.39, 0.29) is 11.3 Å². The molecule has 4 rings (SSSR count). The fraction of sp³-hybridized carbons (Fsp3) is 0.130. The number of thioether (sulfide) groups is 1. The van der Waals surface area contributed by atoms with E-state index in [1.54, 1.807) is 42.5 Å². The van der Waals surface area contributed by atoms with Crippen molar-refractivity contribution in [2.24, 2.45) is 0 Å². The molecule has 0 bridgehead atoms. The average Bonchev–Trinajstić information content (AvgIpc) is 2.73. The molecule has 0 aliphatic carbocycles. The predicted octanol–water partition coefficient (Wildman–Crippen LogP) is 5.35. The molecule has 4 aromatic rings. The fourth-order valence-electron chi connectivity index (χ4n) is 3.14. The largest absolute Gasteiger partial charge is 0.494 e. The van der Waals surface area contributed by atoms with Gasteiger partial charge in [0, 0.05) is 11.8 Å². The molecule has 7 heteroatoms. The number of aromatic nitrogens is 2. The minimum atomic E-state index is -0.638. The molecule has 0 fully saturated rings. The van der Waals surface area contributed by atoms with Gasteiger partial charge in [0.05, 0.1) is 23.2 Å². The number of halogens is 2. The Bertz CT molecular complexity index is 1240. The van der Waals surface area contributed by atoms with Gasteiger partial charge in [0.25, 0.3) is 5.56 Å². The van der Waals surface area contributed by atoms with Gasteiger partial charge in [-0.15, -0.1) is 0 Å². The normalized spacial score (nSPS) is 11.0. The van der Waals surface area contributed by atoms with Gasteiger partial charge >= 0.3 is 0 Å². The number of para-hydroxylation sites is 1. The average molecular weight is 424 g/mol. The number of benzene rings is 3. The highest BCUT2D eigenvalue weighted by Gasteiger charge is 2.14. The van der Waals surface area contributed by atoms with Crippen molar-refractivity contribution in [1.82, 2.24) is 9.55 Å². The first-order valence-corrected chi connectivity index (χ1v) is 10.4. The molecule has 1 heterocycles. The van der Waals surface area contributed by atoms with Gasteiger partial charge in [-0.3, -0.25) is 9.36 Å². The summed E-state index contributed by atoms with van der Waals surface area (Å²) in [6.07, 6.45) is 0. The predicted molar refractivity (Wildman–Crippen MR) is 114 cm³/mol. The van der Waals surface area contributed by atoms with E-state index in [1.807, 2.05) is 13.0 Å². The highest BCUT2D eigenvalue weighted by atomic mass is 32.2. The van der Waals surface area contributed by atoms with Crippen LogP contribution in [0.1, 0.15) is 12.5 Å². The smallest absolute Gasteiger partial charge is 0.266 e. The topological polar surface area (TPSA) is 44.1 Å². The van der Waals surface area contributed by atoms with Crippen molar-refractivity contribution in [2.75, 3.05) is 6.61 Å². The lowest BCUT2D eigenvalue weighted by Crippen LogP contribution is -2.21. The maximum atomic E-state index is 13.5. The fourth-order valence-corrected chi connectivity index (χ4v) is 4.08. The number of rotatable bonds is 6. The van der Waals surface area contributed by atoms with E-state index in [0.29, 0.717) is 39.7 Å². The molecule has 0 aliphatic heterocycles. The molecular formula is C23H18F2N2O2S. The van der Waals surface area contributed by atoms with E-state index < -0.39 is 11.6 Å². The van der Waals surface area contributed by atoms with Gasteiger partial charge in [0.1, 0.15) is 17.4 Å². The van der Waals surface area contributed by atoms with Crippen LogP contribution in [-0.4, -0.2) is 16.2 Å². The zero-order chi connectivity index (χ0) is 21.1. The summed E-state index contributed by atoms with van der Waals surface area (Å²) in [6, 6.07) is 17.6. The number of hydrogen-bond acceptors (Lipinski definition) is 4. The van der Waals surface area contributed by atoms with Crippen molar-refractivity contribution in [1.29, 1.82) is 0 Å². The van der Waals surface area contributed by atoms with E-state index in [2.05, 4.69) is 4.98 Å². The molecule has 3 aromatic carbocycles. The van der Waals surface area contributed by atoms with Crippen molar-refractivity contribution in [3.05, 3.63) is 94.3 Å². The summed E-state index contributed by atoms with van der Waals surface area (Å²) in [6.45, 7) is 2.44. The van der Waals surface area contributed by atoms with Crippen molar-refractivity contribution in [2.45, 2.75) is 17.8 Å². The van der Waals surface area contributed by atoms with Crippen LogP contribution in [0.15, 0.2) is 76.7 Å². The van der Waals surface area contributed by atoms with Crippen LogP contribution in [0.25, 0.3) is 16.6 Å². The van der Waals surface area contributed by atoms with E-state index in [0.717, 1.165) is 6.07 Å². The standard InChI is InChI=1S/C23H18F2N2O2S/c1-2-29-19-9-7-18(8-10-19)27-22(28)20-5-3-4-6-21(20)26-23(27)30-14-15-11-16(24)13-17(25)12-15/h3-13H,2,14H2,1H3. The molecule has 0 atom stereocenters. The maximum absolute atomic E-state index is 13.5. The maximum Gasteiger partial charge on any atom is 0.266 e. The van der Waals surface area contributed by atoms with Crippen molar-refractivity contribution in [3.8, 4) is 11.4 Å². The molecule has 0 amide bonds. The first kappa shape index (κ1) is 20.1.